The Balaban J connectivity index is 1.81. The number of cyclic esters (lactones) is 1. The number of nitrogens with zero attached hydrogens (tertiary/aromatic N) is 1. The van der Waals surface area contributed by atoms with Crippen LogP contribution >= 0.6 is 0 Å². The van der Waals surface area contributed by atoms with E-state index in [1.807, 2.05) is 0 Å². The van der Waals surface area contributed by atoms with Gasteiger partial charge in [0, 0.05) is 16.8 Å². The zero-order valence-corrected chi connectivity index (χ0v) is 12.5. The van der Waals surface area contributed by atoms with Crippen molar-refractivity contribution < 1.29 is 23.1 Å². The number of carbonyl (C=O) groups is 2. The van der Waals surface area contributed by atoms with Gasteiger partial charge in [0.15, 0.2) is 5.78 Å². The summed E-state index contributed by atoms with van der Waals surface area (Å²) in [5.74, 6) is -1.58. The van der Waals surface area contributed by atoms with E-state index in [0.29, 0.717) is 24.4 Å². The zero-order valence-electron chi connectivity index (χ0n) is 12.5. The van der Waals surface area contributed by atoms with Crippen LogP contribution in [0.2, 0.25) is 0 Å². The molecule has 0 bridgehead atoms. The molecule has 0 unspecified atom stereocenters. The van der Waals surface area contributed by atoms with E-state index in [1.54, 1.807) is 24.3 Å². The molecule has 0 N–H and O–H groups in total. The molecule has 1 aliphatic rings. The first-order valence-electron chi connectivity index (χ1n) is 7.26. The van der Waals surface area contributed by atoms with E-state index in [9.17, 15) is 18.4 Å². The lowest BCUT2D eigenvalue weighted by Crippen LogP contribution is -2.23. The van der Waals surface area contributed by atoms with Crippen molar-refractivity contribution in [3.05, 3.63) is 71.3 Å². The van der Waals surface area contributed by atoms with E-state index in [1.165, 1.54) is 17.1 Å². The molecule has 0 saturated carbocycles. The molecular weight excluding hydrogens is 316 g/mol. The van der Waals surface area contributed by atoms with E-state index in [4.69, 9.17) is 4.74 Å². The summed E-state index contributed by atoms with van der Waals surface area (Å²) in [5, 5.41) is 0. The van der Waals surface area contributed by atoms with Crippen LogP contribution in [-0.4, -0.2) is 25.0 Å². The number of ketones is 1. The Labute approximate surface area is 137 Å². The van der Waals surface area contributed by atoms with Gasteiger partial charge in [-0.15, -0.1) is 0 Å². The van der Waals surface area contributed by atoms with Crippen LogP contribution in [0.25, 0.3) is 6.08 Å². The van der Waals surface area contributed by atoms with Gasteiger partial charge in [0.1, 0.15) is 18.2 Å². The van der Waals surface area contributed by atoms with Crippen molar-refractivity contribution in [2.45, 2.75) is 0 Å². The molecule has 1 heterocycles. The Hall–Kier alpha value is -3.02. The van der Waals surface area contributed by atoms with Crippen LogP contribution in [0.5, 0.6) is 0 Å². The summed E-state index contributed by atoms with van der Waals surface area (Å²) in [5.41, 5.74) is 0.872. The molecule has 0 radical (unpaired) electrons. The fourth-order valence-electron chi connectivity index (χ4n) is 2.36. The number of ether oxygens (including phenoxy) is 1. The maximum Gasteiger partial charge on any atom is 0.414 e. The predicted octanol–water partition coefficient (Wildman–Crippen LogP) is 3.82. The van der Waals surface area contributed by atoms with E-state index in [2.05, 4.69) is 0 Å². The molecule has 4 nitrogen and oxygen atoms in total. The van der Waals surface area contributed by atoms with Crippen LogP contribution < -0.4 is 4.90 Å². The highest BCUT2D eigenvalue weighted by Crippen LogP contribution is 2.21. The molecule has 3 rings (SSSR count). The van der Waals surface area contributed by atoms with E-state index >= 15 is 0 Å². The van der Waals surface area contributed by atoms with Crippen molar-refractivity contribution in [1.29, 1.82) is 0 Å². The lowest BCUT2D eigenvalue weighted by Gasteiger charge is -2.13. The number of benzene rings is 2. The second-order valence-electron chi connectivity index (χ2n) is 5.18. The third-order valence-corrected chi connectivity index (χ3v) is 3.58. The number of carbonyl (C=O) groups excluding carboxylic acids is 2. The summed E-state index contributed by atoms with van der Waals surface area (Å²) < 4.78 is 31.5. The minimum atomic E-state index is -0.617. The van der Waals surface area contributed by atoms with E-state index in [0.717, 1.165) is 18.2 Å². The molecule has 1 amide bonds. The molecule has 0 atom stereocenters. The normalized spacial score (nSPS) is 14.2. The molecule has 2 aromatic rings. The first kappa shape index (κ1) is 15.9. The monoisotopic (exact) mass is 329 g/mol. The van der Waals surface area contributed by atoms with Crippen LogP contribution in [0, 0.1) is 11.6 Å². The van der Waals surface area contributed by atoms with Crippen molar-refractivity contribution in [3.63, 3.8) is 0 Å². The van der Waals surface area contributed by atoms with Gasteiger partial charge in [-0.05, 0) is 42.5 Å². The van der Waals surface area contributed by atoms with Crippen LogP contribution in [0.4, 0.5) is 19.3 Å². The Morgan fingerprint density at radius 3 is 2.75 bits per heavy atom. The van der Waals surface area contributed by atoms with Gasteiger partial charge < -0.3 is 4.74 Å². The number of hydrogen-bond acceptors (Lipinski definition) is 3. The summed E-state index contributed by atoms with van der Waals surface area (Å²) in [6, 6.07) is 9.49. The fourth-order valence-corrected chi connectivity index (χ4v) is 2.36. The standard InChI is InChI=1S/C18H13F2NO3/c19-14-5-6-16(20)12(10-14)4-7-17(22)13-2-1-3-15(11-13)21-8-9-24-18(21)23/h1-7,10-11H,8-9H2. The topological polar surface area (TPSA) is 46.6 Å². The van der Waals surface area contributed by atoms with Crippen molar-refractivity contribution in [3.8, 4) is 0 Å². The number of allylic oxidation sites excluding steroid dienone is 1. The SMILES string of the molecule is O=C(C=Cc1cc(F)ccc1F)c1cccc(N2CCOC2=O)c1. The minimum absolute atomic E-state index is 0.0115. The lowest BCUT2D eigenvalue weighted by atomic mass is 10.1. The highest BCUT2D eigenvalue weighted by atomic mass is 19.1. The van der Waals surface area contributed by atoms with Crippen LogP contribution in [0.1, 0.15) is 15.9 Å². The van der Waals surface area contributed by atoms with Crippen LogP contribution in [0.3, 0.4) is 0 Å². The van der Waals surface area contributed by atoms with Crippen LogP contribution in [-0.2, 0) is 4.74 Å². The summed E-state index contributed by atoms with van der Waals surface area (Å²) in [4.78, 5) is 25.2. The van der Waals surface area contributed by atoms with Crippen molar-refractivity contribution in [2.24, 2.45) is 0 Å². The number of anilines is 1. The zero-order chi connectivity index (χ0) is 17.1. The average molecular weight is 329 g/mol. The molecule has 1 saturated heterocycles. The summed E-state index contributed by atoms with van der Waals surface area (Å²) >= 11 is 0. The third-order valence-electron chi connectivity index (χ3n) is 3.58. The Morgan fingerprint density at radius 2 is 2.00 bits per heavy atom. The van der Waals surface area contributed by atoms with Crippen LogP contribution in [0.15, 0.2) is 48.5 Å². The first-order valence-corrected chi connectivity index (χ1v) is 7.26. The Morgan fingerprint density at radius 1 is 1.17 bits per heavy atom. The third kappa shape index (κ3) is 3.32. The van der Waals surface area contributed by atoms with Gasteiger partial charge in [0.2, 0.25) is 0 Å². The van der Waals surface area contributed by atoms with Gasteiger partial charge in [-0.25, -0.2) is 13.6 Å². The molecule has 0 aromatic heterocycles. The summed E-state index contributed by atoms with van der Waals surface area (Å²) in [6.45, 7) is 0.719. The maximum absolute atomic E-state index is 13.5. The lowest BCUT2D eigenvalue weighted by molar-refractivity contribution is 0.104. The highest BCUT2D eigenvalue weighted by Gasteiger charge is 2.23. The van der Waals surface area contributed by atoms with Crippen molar-refractivity contribution >= 4 is 23.6 Å². The predicted molar refractivity (Wildman–Crippen MR) is 84.9 cm³/mol. The Bertz CT molecular complexity index is 833. The first-order chi connectivity index (χ1) is 11.5. The smallest absolute Gasteiger partial charge is 0.414 e. The minimum Gasteiger partial charge on any atom is -0.447 e. The summed E-state index contributed by atoms with van der Waals surface area (Å²) in [7, 11) is 0. The number of halogens is 2. The average Bonchev–Trinajstić information content (AvgIpc) is 3.01. The number of hydrogen-bond donors (Lipinski definition) is 0. The van der Waals surface area contributed by atoms with Gasteiger partial charge in [-0.3, -0.25) is 9.69 Å². The molecule has 24 heavy (non-hydrogen) atoms. The van der Waals surface area contributed by atoms with Gasteiger partial charge in [0.25, 0.3) is 0 Å². The molecule has 0 spiro atoms. The van der Waals surface area contributed by atoms with Gasteiger partial charge >= 0.3 is 6.09 Å². The second kappa shape index (κ2) is 6.62. The van der Waals surface area contributed by atoms with E-state index in [-0.39, 0.29) is 11.3 Å². The van der Waals surface area contributed by atoms with Gasteiger partial charge in [-0.2, -0.15) is 0 Å². The molecule has 6 heteroatoms. The molecule has 122 valence electrons. The van der Waals surface area contributed by atoms with Crippen molar-refractivity contribution in [2.75, 3.05) is 18.1 Å². The Kier molecular flexibility index (Phi) is 4.37. The highest BCUT2D eigenvalue weighted by molar-refractivity contribution is 6.07. The maximum atomic E-state index is 13.5. The van der Waals surface area contributed by atoms with Gasteiger partial charge in [-0.1, -0.05) is 12.1 Å². The quantitative estimate of drug-likeness (QED) is 0.633. The van der Waals surface area contributed by atoms with Gasteiger partial charge in [0.05, 0.1) is 6.54 Å². The molecule has 2 aromatic carbocycles. The molecule has 0 aliphatic carbocycles. The molecule has 1 aliphatic heterocycles. The van der Waals surface area contributed by atoms with E-state index < -0.39 is 17.7 Å². The second-order valence-corrected chi connectivity index (χ2v) is 5.18. The number of rotatable bonds is 4. The number of amides is 1. The summed E-state index contributed by atoms with van der Waals surface area (Å²) in [6.07, 6.45) is 1.92. The molecule has 1 fully saturated rings. The largest absolute Gasteiger partial charge is 0.447 e. The van der Waals surface area contributed by atoms with Crippen molar-refractivity contribution in [1.82, 2.24) is 0 Å². The molecular formula is C18H13F2NO3. The fraction of sp³-hybridized carbons (Fsp3) is 0.111.